The van der Waals surface area contributed by atoms with Gasteiger partial charge < -0.3 is 20.1 Å². The average Bonchev–Trinajstić information content (AvgIpc) is 3.66. The lowest BCUT2D eigenvalue weighted by atomic mass is 9.87. The van der Waals surface area contributed by atoms with Gasteiger partial charge >= 0.3 is 0 Å². The number of nitrogens with zero attached hydrogens (tertiary/aromatic N) is 5. The number of aliphatic hydroxyl groups excluding tert-OH is 1. The van der Waals surface area contributed by atoms with Crippen molar-refractivity contribution in [3.8, 4) is 0 Å². The highest BCUT2D eigenvalue weighted by atomic mass is 19.3. The molecule has 35 heavy (non-hydrogen) atoms. The number of hydrogen-bond acceptors (Lipinski definition) is 6. The van der Waals surface area contributed by atoms with Crippen LogP contribution < -0.4 is 10.2 Å². The molecule has 1 saturated carbocycles. The molecule has 0 spiro atoms. The van der Waals surface area contributed by atoms with E-state index >= 15 is 0 Å². The zero-order valence-electron chi connectivity index (χ0n) is 19.2. The van der Waals surface area contributed by atoms with Gasteiger partial charge in [0.05, 0.1) is 47.8 Å². The number of fused-ring (bicyclic) bond motifs is 3. The fourth-order valence-electron chi connectivity index (χ4n) is 5.67. The van der Waals surface area contributed by atoms with Gasteiger partial charge in [0.1, 0.15) is 0 Å². The van der Waals surface area contributed by atoms with Gasteiger partial charge in [0, 0.05) is 31.2 Å². The number of pyridine rings is 1. The minimum atomic E-state index is -2.82. The fraction of sp³-hybridized carbons (Fsp3) is 0.542. The number of morpholine rings is 1. The van der Waals surface area contributed by atoms with Crippen molar-refractivity contribution in [2.75, 3.05) is 30.0 Å². The zero-order valence-corrected chi connectivity index (χ0v) is 19.2. The largest absolute Gasteiger partial charge is 0.396 e. The normalized spacial score (nSPS) is 26.2. The van der Waals surface area contributed by atoms with Crippen LogP contribution in [-0.2, 0) is 4.74 Å². The van der Waals surface area contributed by atoms with Crippen molar-refractivity contribution in [2.45, 2.75) is 56.7 Å². The second-order valence-corrected chi connectivity index (χ2v) is 9.79. The lowest BCUT2D eigenvalue weighted by Gasteiger charge is -2.29. The van der Waals surface area contributed by atoms with E-state index in [2.05, 4.69) is 20.4 Å². The van der Waals surface area contributed by atoms with E-state index < -0.39 is 18.0 Å². The number of rotatable bonds is 6. The number of aromatic nitrogens is 4. The van der Waals surface area contributed by atoms with Crippen LogP contribution in [-0.4, -0.2) is 62.3 Å². The average molecular weight is 487 g/mol. The topological polar surface area (TPSA) is 96.9 Å². The molecule has 186 valence electrons. The molecule has 2 bridgehead atoms. The molecule has 2 atom stereocenters. The summed E-state index contributed by atoms with van der Waals surface area (Å²) in [5.74, 6) is -0.256. The Morgan fingerprint density at radius 2 is 2.09 bits per heavy atom. The predicted molar refractivity (Wildman–Crippen MR) is 124 cm³/mol. The first-order valence-electron chi connectivity index (χ1n) is 12.1. The van der Waals surface area contributed by atoms with E-state index in [0.29, 0.717) is 23.7 Å². The third-order valence-corrected chi connectivity index (χ3v) is 7.65. The molecule has 1 amide bonds. The Bertz CT molecular complexity index is 1240. The van der Waals surface area contributed by atoms with Crippen LogP contribution in [0.5, 0.6) is 0 Å². The van der Waals surface area contributed by atoms with E-state index in [9.17, 15) is 18.7 Å². The van der Waals surface area contributed by atoms with Gasteiger partial charge in [-0.15, -0.1) is 0 Å². The summed E-state index contributed by atoms with van der Waals surface area (Å²) in [4.78, 5) is 15.5. The second-order valence-electron chi connectivity index (χ2n) is 9.79. The molecule has 0 aromatic carbocycles. The number of amides is 1. The number of alkyl halides is 2. The van der Waals surface area contributed by atoms with E-state index in [4.69, 9.17) is 4.74 Å². The van der Waals surface area contributed by atoms with E-state index in [0.717, 1.165) is 44.3 Å². The van der Waals surface area contributed by atoms with Crippen LogP contribution in [0.2, 0.25) is 0 Å². The lowest BCUT2D eigenvalue weighted by molar-refractivity contribution is 0.0991. The third-order valence-electron chi connectivity index (χ3n) is 7.65. The molecule has 0 unspecified atom stereocenters. The van der Waals surface area contributed by atoms with Gasteiger partial charge in [-0.25, -0.2) is 13.3 Å². The Labute approximate surface area is 200 Å². The highest BCUT2D eigenvalue weighted by molar-refractivity contribution is 6.09. The van der Waals surface area contributed by atoms with Gasteiger partial charge in [0.15, 0.2) is 5.69 Å². The van der Waals surface area contributed by atoms with E-state index in [-0.39, 0.29) is 30.4 Å². The van der Waals surface area contributed by atoms with Crippen molar-refractivity contribution < 1.29 is 23.4 Å². The molecule has 6 rings (SSSR count). The van der Waals surface area contributed by atoms with E-state index in [1.807, 2.05) is 12.1 Å². The molecule has 2 aliphatic heterocycles. The Morgan fingerprint density at radius 1 is 1.26 bits per heavy atom. The van der Waals surface area contributed by atoms with Crippen molar-refractivity contribution in [1.82, 2.24) is 19.4 Å². The Balaban J connectivity index is 1.24. The quantitative estimate of drug-likeness (QED) is 0.554. The summed E-state index contributed by atoms with van der Waals surface area (Å²) in [5, 5.41) is 20.4. The summed E-state index contributed by atoms with van der Waals surface area (Å²) >= 11 is 0. The smallest absolute Gasteiger partial charge is 0.284 e. The monoisotopic (exact) mass is 486 g/mol. The molecular formula is C24H28F2N6O3. The first-order chi connectivity index (χ1) is 17.0. The van der Waals surface area contributed by atoms with Crippen LogP contribution in [0.25, 0.3) is 5.52 Å². The molecule has 2 saturated heterocycles. The summed E-state index contributed by atoms with van der Waals surface area (Å²) in [6.07, 6.45) is 6.34. The molecule has 1 aliphatic carbocycles. The summed E-state index contributed by atoms with van der Waals surface area (Å²) < 4.78 is 36.4. The van der Waals surface area contributed by atoms with E-state index in [1.165, 1.54) is 12.4 Å². The number of halogens is 2. The maximum Gasteiger partial charge on any atom is 0.284 e. The maximum absolute atomic E-state index is 13.8. The number of ether oxygens (including phenoxy) is 1. The van der Waals surface area contributed by atoms with Crippen LogP contribution >= 0.6 is 0 Å². The summed E-state index contributed by atoms with van der Waals surface area (Å²) in [7, 11) is 0. The molecule has 0 radical (unpaired) electrons. The molecule has 11 heteroatoms. The van der Waals surface area contributed by atoms with Crippen LogP contribution in [0.15, 0.2) is 30.7 Å². The molecule has 3 fully saturated rings. The van der Waals surface area contributed by atoms with E-state index in [1.54, 1.807) is 15.4 Å². The predicted octanol–water partition coefficient (Wildman–Crippen LogP) is 3.42. The highest BCUT2D eigenvalue weighted by Gasteiger charge is 2.39. The number of aliphatic hydroxyl groups is 1. The van der Waals surface area contributed by atoms with Crippen molar-refractivity contribution in [3.05, 3.63) is 42.0 Å². The highest BCUT2D eigenvalue weighted by Crippen LogP contribution is 2.36. The van der Waals surface area contributed by atoms with Crippen LogP contribution in [0.4, 0.5) is 20.2 Å². The van der Waals surface area contributed by atoms with Crippen molar-refractivity contribution in [1.29, 1.82) is 0 Å². The number of carbonyl (C=O) groups is 1. The molecule has 2 N–H and O–H groups in total. The van der Waals surface area contributed by atoms with Gasteiger partial charge in [0.25, 0.3) is 12.3 Å². The minimum absolute atomic E-state index is 0.0128. The number of hydrogen-bond donors (Lipinski definition) is 2. The summed E-state index contributed by atoms with van der Waals surface area (Å²) in [6.45, 7) is 1.65. The van der Waals surface area contributed by atoms with Gasteiger partial charge in [-0.3, -0.25) is 9.48 Å². The fourth-order valence-corrected chi connectivity index (χ4v) is 5.67. The molecule has 9 nitrogen and oxygen atoms in total. The first-order valence-corrected chi connectivity index (χ1v) is 12.1. The Hall–Kier alpha value is -3.05. The van der Waals surface area contributed by atoms with Gasteiger partial charge in [0.2, 0.25) is 0 Å². The third kappa shape index (κ3) is 4.06. The van der Waals surface area contributed by atoms with Crippen LogP contribution in [0, 0.1) is 5.92 Å². The number of nitrogens with one attached hydrogen (secondary N) is 1. The Morgan fingerprint density at radius 3 is 2.77 bits per heavy atom. The lowest BCUT2D eigenvalue weighted by Crippen LogP contribution is -2.36. The summed E-state index contributed by atoms with van der Waals surface area (Å²) in [6, 6.07) is 4.18. The SMILES string of the molecule is O=C(Nc1cn([C@H]2CC[C@H](CO)CC2)nc1C(F)F)c1cnn2ccc(N3C[C@H]4C[C@@H]3CO4)cc12. The van der Waals surface area contributed by atoms with Gasteiger partial charge in [-0.2, -0.15) is 10.2 Å². The summed E-state index contributed by atoms with van der Waals surface area (Å²) in [5.41, 5.74) is 1.48. The molecule has 3 aromatic rings. The number of carbonyl (C=O) groups excluding carboxylic acids is 1. The molecule has 3 aromatic heterocycles. The van der Waals surface area contributed by atoms with Gasteiger partial charge in [-0.1, -0.05) is 0 Å². The minimum Gasteiger partial charge on any atom is -0.396 e. The van der Waals surface area contributed by atoms with Crippen molar-refractivity contribution in [2.24, 2.45) is 5.92 Å². The molecular weight excluding hydrogens is 458 g/mol. The maximum atomic E-state index is 13.8. The molecule has 3 aliphatic rings. The number of anilines is 2. The Kier molecular flexibility index (Phi) is 5.68. The second kappa shape index (κ2) is 8.87. The van der Waals surface area contributed by atoms with Crippen LogP contribution in [0.1, 0.15) is 60.6 Å². The molecule has 5 heterocycles. The first kappa shape index (κ1) is 22.4. The van der Waals surface area contributed by atoms with Crippen molar-refractivity contribution >= 4 is 22.8 Å². The van der Waals surface area contributed by atoms with Crippen molar-refractivity contribution in [3.63, 3.8) is 0 Å². The standard InChI is InChI=1S/C24H28F2N6O3/c25-23(26)22-20(11-32(29-22)15-3-1-14(12-33)2-4-15)28-24(34)19-9-27-31-6-5-16(8-21(19)31)30-10-18-7-17(30)13-35-18/h5-6,8-9,11,14-15,17-18,23,33H,1-4,7,10,12-13H2,(H,28,34)/t14-,15-,17-,18-/m1/s1. The van der Waals surface area contributed by atoms with Crippen LogP contribution in [0.3, 0.4) is 0 Å². The zero-order chi connectivity index (χ0) is 24.1. The van der Waals surface area contributed by atoms with Gasteiger partial charge in [-0.05, 0) is 50.2 Å².